The van der Waals surface area contributed by atoms with Crippen LogP contribution in [0.25, 0.3) is 0 Å². The zero-order valence-corrected chi connectivity index (χ0v) is 10.6. The molecule has 1 heterocycles. The van der Waals surface area contributed by atoms with Crippen LogP contribution in [0.5, 0.6) is 0 Å². The van der Waals surface area contributed by atoms with Crippen LogP contribution in [0.1, 0.15) is 5.56 Å². The van der Waals surface area contributed by atoms with Gasteiger partial charge in [-0.15, -0.1) is 5.10 Å². The lowest BCUT2D eigenvalue weighted by molar-refractivity contribution is -0.384. The molecular weight excluding hydrogens is 279 g/mol. The molecule has 2 aromatic rings. The van der Waals surface area contributed by atoms with Crippen molar-refractivity contribution in [1.29, 1.82) is 0 Å². The maximum atomic E-state index is 10.5. The predicted molar refractivity (Wildman–Crippen MR) is 66.8 cm³/mol. The van der Waals surface area contributed by atoms with Gasteiger partial charge in [-0.1, -0.05) is 12.1 Å². The van der Waals surface area contributed by atoms with E-state index in [0.717, 1.165) is 5.56 Å². The van der Waals surface area contributed by atoms with Gasteiger partial charge in [0.25, 0.3) is 5.69 Å². The smallest absolute Gasteiger partial charge is 0.258 e. The van der Waals surface area contributed by atoms with Crippen molar-refractivity contribution >= 4 is 28.9 Å². The first-order chi connectivity index (χ1) is 8.56. The normalized spacial score (nSPS) is 10.6. The number of nitrogens with zero attached hydrogens (tertiary/aromatic N) is 4. The Morgan fingerprint density at radius 3 is 2.44 bits per heavy atom. The second kappa shape index (κ2) is 5.32. The minimum Gasteiger partial charge on any atom is -0.258 e. The van der Waals surface area contributed by atoms with Crippen molar-refractivity contribution in [3.05, 3.63) is 50.5 Å². The average Bonchev–Trinajstić information content (AvgIpc) is 2.66. The summed E-state index contributed by atoms with van der Waals surface area (Å²) in [5.41, 5.74) is 1.02. The van der Waals surface area contributed by atoms with E-state index in [2.05, 4.69) is 10.1 Å². The molecule has 0 fully saturated rings. The van der Waals surface area contributed by atoms with E-state index in [9.17, 15) is 10.1 Å². The van der Waals surface area contributed by atoms with Gasteiger partial charge in [-0.25, -0.2) is 4.68 Å². The zero-order valence-electron chi connectivity index (χ0n) is 9.08. The Kier molecular flexibility index (Phi) is 3.78. The van der Waals surface area contributed by atoms with E-state index in [1.165, 1.54) is 16.8 Å². The third-order valence-corrected chi connectivity index (χ3v) is 2.80. The van der Waals surface area contributed by atoms with Crippen molar-refractivity contribution in [2.24, 2.45) is 0 Å². The molecular formula is C10H8Cl2N4O2. The van der Waals surface area contributed by atoms with Crippen LogP contribution in [0, 0.1) is 10.1 Å². The SMILES string of the molecule is O=[N+]([O-])c1ccc(CCn2nc(Cl)nc2Cl)cc1. The lowest BCUT2D eigenvalue weighted by Crippen LogP contribution is -2.03. The van der Waals surface area contributed by atoms with Crippen molar-refractivity contribution < 1.29 is 4.92 Å². The van der Waals surface area contributed by atoms with Crippen LogP contribution in [0.15, 0.2) is 24.3 Å². The van der Waals surface area contributed by atoms with Crippen molar-refractivity contribution in [3.8, 4) is 0 Å². The van der Waals surface area contributed by atoms with E-state index in [1.807, 2.05) is 0 Å². The van der Waals surface area contributed by atoms with E-state index < -0.39 is 4.92 Å². The third-order valence-electron chi connectivity index (χ3n) is 2.36. The Hall–Kier alpha value is -1.66. The van der Waals surface area contributed by atoms with Gasteiger partial charge in [0.1, 0.15) is 0 Å². The number of aromatic nitrogens is 3. The van der Waals surface area contributed by atoms with E-state index in [-0.39, 0.29) is 16.3 Å². The Balaban J connectivity index is 2.02. The van der Waals surface area contributed by atoms with Crippen LogP contribution >= 0.6 is 23.2 Å². The van der Waals surface area contributed by atoms with Gasteiger partial charge < -0.3 is 0 Å². The zero-order chi connectivity index (χ0) is 13.1. The topological polar surface area (TPSA) is 73.8 Å². The summed E-state index contributed by atoms with van der Waals surface area (Å²) >= 11 is 11.4. The maximum absolute atomic E-state index is 10.5. The minimum atomic E-state index is -0.433. The molecule has 0 unspecified atom stereocenters. The fourth-order valence-electron chi connectivity index (χ4n) is 1.46. The van der Waals surface area contributed by atoms with Crippen LogP contribution < -0.4 is 0 Å². The lowest BCUT2D eigenvalue weighted by Gasteiger charge is -2.02. The number of hydrogen-bond acceptors (Lipinski definition) is 4. The summed E-state index contributed by atoms with van der Waals surface area (Å²) in [5.74, 6) is 0. The molecule has 1 aromatic heterocycles. The molecule has 0 atom stereocenters. The van der Waals surface area contributed by atoms with Crippen LogP contribution in [-0.4, -0.2) is 19.7 Å². The highest BCUT2D eigenvalue weighted by Crippen LogP contribution is 2.14. The summed E-state index contributed by atoms with van der Waals surface area (Å²) in [6, 6.07) is 6.33. The first-order valence-corrected chi connectivity index (χ1v) is 5.81. The summed E-state index contributed by atoms with van der Waals surface area (Å²) in [4.78, 5) is 13.8. The number of rotatable bonds is 4. The number of hydrogen-bond donors (Lipinski definition) is 0. The van der Waals surface area contributed by atoms with Gasteiger partial charge in [-0.2, -0.15) is 4.98 Å². The first kappa shape index (κ1) is 12.8. The second-order valence-electron chi connectivity index (χ2n) is 3.55. The number of halogens is 2. The molecule has 6 nitrogen and oxygen atoms in total. The maximum Gasteiger partial charge on any atom is 0.269 e. The number of benzene rings is 1. The van der Waals surface area contributed by atoms with Crippen molar-refractivity contribution in [2.45, 2.75) is 13.0 Å². The Bertz CT molecular complexity index is 568. The molecule has 1 aromatic carbocycles. The van der Waals surface area contributed by atoms with Crippen LogP contribution in [0.3, 0.4) is 0 Å². The molecule has 0 amide bonds. The molecule has 0 aliphatic rings. The monoisotopic (exact) mass is 286 g/mol. The molecule has 2 rings (SSSR count). The van der Waals surface area contributed by atoms with Crippen molar-refractivity contribution in [2.75, 3.05) is 0 Å². The van der Waals surface area contributed by atoms with Gasteiger partial charge in [0.15, 0.2) is 0 Å². The fourth-order valence-corrected chi connectivity index (χ4v) is 1.88. The van der Waals surface area contributed by atoms with E-state index in [1.54, 1.807) is 12.1 Å². The lowest BCUT2D eigenvalue weighted by atomic mass is 10.1. The molecule has 8 heteroatoms. The van der Waals surface area contributed by atoms with Crippen LogP contribution in [0.4, 0.5) is 5.69 Å². The molecule has 94 valence electrons. The number of nitro groups is 1. The third kappa shape index (κ3) is 2.96. The second-order valence-corrected chi connectivity index (χ2v) is 4.22. The highest BCUT2D eigenvalue weighted by molar-refractivity contribution is 6.31. The summed E-state index contributed by atoms with van der Waals surface area (Å²) < 4.78 is 1.48. The number of non-ortho nitro benzene ring substituents is 1. The van der Waals surface area contributed by atoms with Gasteiger partial charge in [0, 0.05) is 18.7 Å². The number of aryl methyl sites for hydroxylation is 2. The predicted octanol–water partition coefficient (Wildman–Crippen LogP) is 2.74. The van der Waals surface area contributed by atoms with E-state index in [4.69, 9.17) is 23.2 Å². The van der Waals surface area contributed by atoms with Gasteiger partial charge in [-0.3, -0.25) is 10.1 Å². The highest BCUT2D eigenvalue weighted by atomic mass is 35.5. The summed E-state index contributed by atoms with van der Waals surface area (Å²) in [5, 5.41) is 14.7. The van der Waals surface area contributed by atoms with Crippen LogP contribution in [-0.2, 0) is 13.0 Å². The average molecular weight is 287 g/mol. The Morgan fingerprint density at radius 1 is 1.28 bits per heavy atom. The summed E-state index contributed by atoms with van der Waals surface area (Å²) in [7, 11) is 0. The standard InChI is InChI=1S/C10H8Cl2N4O2/c11-9-13-10(12)15(14-9)6-5-7-1-3-8(4-2-7)16(17)18/h1-4H,5-6H2. The molecule has 0 aliphatic heterocycles. The molecule has 0 spiro atoms. The Morgan fingerprint density at radius 2 is 1.94 bits per heavy atom. The number of nitro benzene ring substituents is 1. The van der Waals surface area contributed by atoms with Crippen LogP contribution in [0.2, 0.25) is 10.6 Å². The molecule has 18 heavy (non-hydrogen) atoms. The van der Waals surface area contributed by atoms with Gasteiger partial charge in [0.2, 0.25) is 10.6 Å². The van der Waals surface area contributed by atoms with Crippen molar-refractivity contribution in [1.82, 2.24) is 14.8 Å². The van der Waals surface area contributed by atoms with Gasteiger partial charge in [0.05, 0.1) is 4.92 Å². The molecule has 0 N–H and O–H groups in total. The van der Waals surface area contributed by atoms with Gasteiger partial charge in [-0.05, 0) is 35.2 Å². The van der Waals surface area contributed by atoms with Gasteiger partial charge >= 0.3 is 0 Å². The van der Waals surface area contributed by atoms with E-state index in [0.29, 0.717) is 13.0 Å². The quantitative estimate of drug-likeness (QED) is 0.640. The summed E-state index contributed by atoms with van der Waals surface area (Å²) in [6.07, 6.45) is 0.636. The molecule has 0 saturated carbocycles. The minimum absolute atomic E-state index is 0.0700. The van der Waals surface area contributed by atoms with Crippen molar-refractivity contribution in [3.63, 3.8) is 0 Å². The highest BCUT2D eigenvalue weighted by Gasteiger charge is 2.07. The molecule has 0 bridgehead atoms. The Labute approximate surface area is 112 Å². The molecule has 0 aliphatic carbocycles. The molecule has 0 radical (unpaired) electrons. The molecule has 0 saturated heterocycles. The first-order valence-electron chi connectivity index (χ1n) is 5.05. The fraction of sp³-hybridized carbons (Fsp3) is 0.200. The van der Waals surface area contributed by atoms with E-state index >= 15 is 0 Å². The summed E-state index contributed by atoms with van der Waals surface area (Å²) in [6.45, 7) is 0.510. The largest absolute Gasteiger partial charge is 0.269 e.